The molecule has 0 unspecified atom stereocenters. The number of nitrogens with one attached hydrogen (secondary N) is 1. The molecule has 0 aliphatic heterocycles. The Morgan fingerprint density at radius 1 is 1.16 bits per heavy atom. The zero-order chi connectivity index (χ0) is 17.8. The van der Waals surface area contributed by atoms with E-state index >= 15 is 0 Å². The predicted octanol–water partition coefficient (Wildman–Crippen LogP) is 4.19. The quantitative estimate of drug-likeness (QED) is 0.716. The van der Waals surface area contributed by atoms with E-state index in [1.54, 1.807) is 18.2 Å². The van der Waals surface area contributed by atoms with Gasteiger partial charge in [0.25, 0.3) is 0 Å². The number of carbonyl (C=O) groups is 1. The van der Waals surface area contributed by atoms with Crippen molar-refractivity contribution in [3.8, 4) is 5.69 Å². The van der Waals surface area contributed by atoms with Gasteiger partial charge in [-0.3, -0.25) is 4.79 Å². The van der Waals surface area contributed by atoms with E-state index in [2.05, 4.69) is 15.4 Å². The molecule has 0 atom stereocenters. The van der Waals surface area contributed by atoms with E-state index in [1.807, 2.05) is 48.9 Å². The average molecular weight is 353 g/mol. The number of rotatable bonds is 4. The van der Waals surface area contributed by atoms with E-state index in [9.17, 15) is 4.79 Å². The Morgan fingerprint density at radius 3 is 2.60 bits per heavy atom. The number of aromatic nitrogens is 3. The van der Waals surface area contributed by atoms with E-state index in [4.69, 9.17) is 11.6 Å². The molecule has 0 fully saturated rings. The number of hydrogen-bond acceptors (Lipinski definition) is 3. The number of pyridine rings is 1. The van der Waals surface area contributed by atoms with E-state index in [1.165, 1.54) is 12.3 Å². The van der Waals surface area contributed by atoms with Crippen LogP contribution in [0.2, 0.25) is 5.02 Å². The molecule has 0 spiro atoms. The second kappa shape index (κ2) is 7.32. The molecule has 3 aromatic rings. The highest BCUT2D eigenvalue weighted by Crippen LogP contribution is 2.19. The third-order valence-corrected chi connectivity index (χ3v) is 3.95. The van der Waals surface area contributed by atoms with Crippen molar-refractivity contribution in [3.63, 3.8) is 0 Å². The van der Waals surface area contributed by atoms with Crippen LogP contribution in [0.5, 0.6) is 0 Å². The number of para-hydroxylation sites is 1. The van der Waals surface area contributed by atoms with Crippen LogP contribution in [0.1, 0.15) is 17.0 Å². The topological polar surface area (TPSA) is 59.8 Å². The van der Waals surface area contributed by atoms with Crippen LogP contribution in [-0.2, 0) is 4.79 Å². The van der Waals surface area contributed by atoms with Gasteiger partial charge in [0, 0.05) is 23.5 Å². The molecule has 2 aromatic heterocycles. The number of amides is 1. The highest BCUT2D eigenvalue weighted by atomic mass is 35.5. The Balaban J connectivity index is 1.78. The third-order valence-electron chi connectivity index (χ3n) is 3.73. The summed E-state index contributed by atoms with van der Waals surface area (Å²) in [5.41, 5.74) is 3.73. The van der Waals surface area contributed by atoms with Gasteiger partial charge in [-0.15, -0.1) is 0 Å². The van der Waals surface area contributed by atoms with Gasteiger partial charge in [0.05, 0.1) is 16.4 Å². The molecule has 1 amide bonds. The minimum absolute atomic E-state index is 0.263. The largest absolute Gasteiger partial charge is 0.307 e. The summed E-state index contributed by atoms with van der Waals surface area (Å²) in [4.78, 5) is 16.1. The van der Waals surface area contributed by atoms with Gasteiger partial charge in [-0.2, -0.15) is 5.10 Å². The van der Waals surface area contributed by atoms with Crippen molar-refractivity contribution < 1.29 is 4.79 Å². The van der Waals surface area contributed by atoms with E-state index in [0.717, 1.165) is 22.6 Å². The second-order valence-electron chi connectivity index (χ2n) is 5.52. The summed E-state index contributed by atoms with van der Waals surface area (Å²) < 4.78 is 1.87. The van der Waals surface area contributed by atoms with Crippen LogP contribution in [0.25, 0.3) is 11.8 Å². The number of nitrogens with zero attached hydrogens (tertiary/aromatic N) is 3. The molecule has 3 rings (SSSR count). The predicted molar refractivity (Wildman–Crippen MR) is 99.9 cm³/mol. The summed E-state index contributed by atoms with van der Waals surface area (Å²) in [6.07, 6.45) is 4.73. The van der Waals surface area contributed by atoms with Gasteiger partial charge in [-0.05, 0) is 44.2 Å². The number of hydrogen-bond donors (Lipinski definition) is 1. The maximum Gasteiger partial charge on any atom is 0.249 e. The fourth-order valence-corrected chi connectivity index (χ4v) is 2.61. The third kappa shape index (κ3) is 3.95. The van der Waals surface area contributed by atoms with Gasteiger partial charge in [0.15, 0.2) is 0 Å². The van der Waals surface area contributed by atoms with Crippen molar-refractivity contribution in [1.82, 2.24) is 14.8 Å². The summed E-state index contributed by atoms with van der Waals surface area (Å²) in [5.74, 6) is 0.188. The Hall–Kier alpha value is -2.92. The van der Waals surface area contributed by atoms with Gasteiger partial charge in [0.2, 0.25) is 5.91 Å². The van der Waals surface area contributed by atoms with Crippen molar-refractivity contribution >= 4 is 29.4 Å². The summed E-state index contributed by atoms with van der Waals surface area (Å²) in [5, 5.41) is 7.77. The first-order valence-corrected chi connectivity index (χ1v) is 8.14. The molecule has 0 aliphatic rings. The van der Waals surface area contributed by atoms with Crippen LogP contribution >= 0.6 is 11.6 Å². The number of carbonyl (C=O) groups excluding carboxylic acids is 1. The fraction of sp³-hybridized carbons (Fsp3) is 0.105. The van der Waals surface area contributed by atoms with Crippen molar-refractivity contribution in [1.29, 1.82) is 0 Å². The van der Waals surface area contributed by atoms with E-state index in [-0.39, 0.29) is 5.91 Å². The van der Waals surface area contributed by atoms with E-state index in [0.29, 0.717) is 10.8 Å². The molecule has 0 saturated heterocycles. The van der Waals surface area contributed by atoms with Crippen LogP contribution in [0.15, 0.2) is 54.7 Å². The van der Waals surface area contributed by atoms with Crippen molar-refractivity contribution in [2.45, 2.75) is 13.8 Å². The average Bonchev–Trinajstić information content (AvgIpc) is 2.90. The SMILES string of the molecule is Cc1nn(-c2ccccc2)c(C)c1/C=C/C(=O)Nc1ccc(Cl)cn1. The van der Waals surface area contributed by atoms with Gasteiger partial charge < -0.3 is 5.32 Å². The first kappa shape index (κ1) is 16.9. The Morgan fingerprint density at radius 2 is 1.92 bits per heavy atom. The number of halogens is 1. The van der Waals surface area contributed by atoms with Crippen LogP contribution in [0.3, 0.4) is 0 Å². The summed E-state index contributed by atoms with van der Waals surface area (Å²) in [6, 6.07) is 13.2. The molecule has 0 radical (unpaired) electrons. The molecule has 1 N–H and O–H groups in total. The summed E-state index contributed by atoms with van der Waals surface area (Å²) in [6.45, 7) is 3.90. The lowest BCUT2D eigenvalue weighted by Crippen LogP contribution is -2.08. The monoisotopic (exact) mass is 352 g/mol. The first-order chi connectivity index (χ1) is 12.0. The van der Waals surface area contributed by atoms with Crippen LogP contribution < -0.4 is 5.32 Å². The van der Waals surface area contributed by atoms with Crippen LogP contribution in [0, 0.1) is 13.8 Å². The minimum Gasteiger partial charge on any atom is -0.307 e. The number of aryl methyl sites for hydroxylation is 1. The van der Waals surface area contributed by atoms with Gasteiger partial charge in [-0.25, -0.2) is 9.67 Å². The summed E-state index contributed by atoms with van der Waals surface area (Å²) >= 11 is 5.78. The molecule has 0 bridgehead atoms. The molecule has 5 nitrogen and oxygen atoms in total. The second-order valence-corrected chi connectivity index (χ2v) is 5.95. The van der Waals surface area contributed by atoms with Crippen LogP contribution in [0.4, 0.5) is 5.82 Å². The normalized spacial score (nSPS) is 11.0. The molecule has 0 aliphatic carbocycles. The van der Waals surface area contributed by atoms with Crippen molar-refractivity contribution in [3.05, 3.63) is 76.7 Å². The summed E-state index contributed by atoms with van der Waals surface area (Å²) in [7, 11) is 0. The molecule has 6 heteroatoms. The standard InChI is InChI=1S/C19H17ClN4O/c1-13-17(14(2)24(23-13)16-6-4-3-5-7-16)9-11-19(25)22-18-10-8-15(20)12-21-18/h3-12H,1-2H3,(H,21,22,25)/b11-9+. The van der Waals surface area contributed by atoms with Gasteiger partial charge in [-0.1, -0.05) is 29.8 Å². The zero-order valence-corrected chi connectivity index (χ0v) is 14.7. The molecule has 1 aromatic carbocycles. The highest BCUT2D eigenvalue weighted by molar-refractivity contribution is 6.30. The molecule has 126 valence electrons. The maximum absolute atomic E-state index is 12.1. The van der Waals surface area contributed by atoms with Crippen molar-refractivity contribution in [2.75, 3.05) is 5.32 Å². The number of benzene rings is 1. The Kier molecular flexibility index (Phi) is 4.95. The lowest BCUT2D eigenvalue weighted by molar-refractivity contribution is -0.111. The molecular weight excluding hydrogens is 336 g/mol. The van der Waals surface area contributed by atoms with Crippen LogP contribution in [-0.4, -0.2) is 20.7 Å². The maximum atomic E-state index is 12.1. The zero-order valence-electron chi connectivity index (χ0n) is 13.9. The van der Waals surface area contributed by atoms with Gasteiger partial charge in [0.1, 0.15) is 5.82 Å². The molecule has 25 heavy (non-hydrogen) atoms. The smallest absolute Gasteiger partial charge is 0.249 e. The fourth-order valence-electron chi connectivity index (χ4n) is 2.49. The minimum atomic E-state index is -0.263. The molecule has 0 saturated carbocycles. The molecular formula is C19H17ClN4O. The Bertz CT molecular complexity index is 915. The lowest BCUT2D eigenvalue weighted by atomic mass is 10.2. The number of anilines is 1. The van der Waals surface area contributed by atoms with E-state index < -0.39 is 0 Å². The Labute approximate surface area is 151 Å². The molecule has 2 heterocycles. The van der Waals surface area contributed by atoms with Gasteiger partial charge >= 0.3 is 0 Å². The lowest BCUT2D eigenvalue weighted by Gasteiger charge is -2.03. The first-order valence-electron chi connectivity index (χ1n) is 7.77. The highest BCUT2D eigenvalue weighted by Gasteiger charge is 2.10. The van der Waals surface area contributed by atoms with Crippen molar-refractivity contribution in [2.24, 2.45) is 0 Å².